The average Bonchev–Trinajstić information content (AvgIpc) is 3.24. The molecule has 0 saturated carbocycles. The molecular weight excluding hydrogens is 495 g/mol. The SMILES string of the molecule is CC(C)C(C(=O)O)N1Cc2ccc(-c3ccc(NC(=O)c4ccc(-c5ccccc5)cc4)cc3F)cc2C1=O. The molecule has 6 nitrogen and oxygen atoms in total. The fourth-order valence-corrected chi connectivity index (χ4v) is 4.97. The molecule has 5 rings (SSSR count). The van der Waals surface area contributed by atoms with Crippen LogP contribution >= 0.6 is 0 Å². The van der Waals surface area contributed by atoms with Crippen LogP contribution in [0.3, 0.4) is 0 Å². The molecule has 0 spiro atoms. The van der Waals surface area contributed by atoms with Gasteiger partial charge in [-0.3, -0.25) is 9.59 Å². The first-order chi connectivity index (χ1) is 18.7. The highest BCUT2D eigenvalue weighted by atomic mass is 19.1. The van der Waals surface area contributed by atoms with Crippen molar-refractivity contribution in [2.75, 3.05) is 5.32 Å². The van der Waals surface area contributed by atoms with Crippen LogP contribution in [-0.4, -0.2) is 33.8 Å². The first-order valence-corrected chi connectivity index (χ1v) is 12.7. The zero-order valence-electron chi connectivity index (χ0n) is 21.5. The van der Waals surface area contributed by atoms with E-state index >= 15 is 4.39 Å². The summed E-state index contributed by atoms with van der Waals surface area (Å²) in [6, 6.07) is 25.5. The molecule has 1 aliphatic heterocycles. The van der Waals surface area contributed by atoms with E-state index in [2.05, 4.69) is 5.32 Å². The number of aliphatic carboxylic acids is 1. The van der Waals surface area contributed by atoms with Crippen molar-refractivity contribution in [1.29, 1.82) is 0 Å². The summed E-state index contributed by atoms with van der Waals surface area (Å²) >= 11 is 0. The van der Waals surface area contributed by atoms with Gasteiger partial charge in [-0.2, -0.15) is 0 Å². The van der Waals surface area contributed by atoms with E-state index in [4.69, 9.17) is 0 Å². The van der Waals surface area contributed by atoms with Crippen LogP contribution in [-0.2, 0) is 11.3 Å². The summed E-state index contributed by atoms with van der Waals surface area (Å²) in [6.45, 7) is 3.72. The van der Waals surface area contributed by atoms with Gasteiger partial charge < -0.3 is 15.3 Å². The number of carbonyl (C=O) groups excluding carboxylic acids is 2. The Morgan fingerprint density at radius 3 is 2.15 bits per heavy atom. The number of carboxylic acids is 1. The average molecular weight is 523 g/mol. The quantitative estimate of drug-likeness (QED) is 0.291. The Hall–Kier alpha value is -4.78. The third kappa shape index (κ3) is 5.16. The third-order valence-electron chi connectivity index (χ3n) is 6.95. The molecule has 0 aliphatic carbocycles. The lowest BCUT2D eigenvalue weighted by Crippen LogP contribution is -2.44. The second-order valence-electron chi connectivity index (χ2n) is 9.92. The minimum absolute atomic E-state index is 0.198. The van der Waals surface area contributed by atoms with Crippen molar-refractivity contribution in [3.63, 3.8) is 0 Å². The molecule has 0 bridgehead atoms. The number of halogens is 1. The minimum atomic E-state index is -1.05. The third-order valence-corrected chi connectivity index (χ3v) is 6.95. The van der Waals surface area contributed by atoms with E-state index in [1.807, 2.05) is 42.5 Å². The molecule has 39 heavy (non-hydrogen) atoms. The predicted octanol–water partition coefficient (Wildman–Crippen LogP) is 6.48. The van der Waals surface area contributed by atoms with Gasteiger partial charge in [0.1, 0.15) is 11.9 Å². The maximum atomic E-state index is 15.2. The second kappa shape index (κ2) is 10.5. The van der Waals surface area contributed by atoms with E-state index in [1.54, 1.807) is 56.3 Å². The molecule has 0 radical (unpaired) electrons. The normalized spacial score (nSPS) is 13.3. The summed E-state index contributed by atoms with van der Waals surface area (Å²) in [5.74, 6) is -2.61. The van der Waals surface area contributed by atoms with Crippen molar-refractivity contribution in [3.05, 3.63) is 114 Å². The van der Waals surface area contributed by atoms with Crippen LogP contribution in [0.1, 0.15) is 40.1 Å². The van der Waals surface area contributed by atoms with Crippen LogP contribution in [0, 0.1) is 11.7 Å². The van der Waals surface area contributed by atoms with Gasteiger partial charge in [-0.25, -0.2) is 9.18 Å². The number of anilines is 1. The highest BCUT2D eigenvalue weighted by Gasteiger charge is 2.38. The fraction of sp³-hybridized carbons (Fsp3) is 0.156. The molecule has 0 aromatic heterocycles. The van der Waals surface area contributed by atoms with Gasteiger partial charge in [0, 0.05) is 28.9 Å². The first kappa shape index (κ1) is 25.9. The van der Waals surface area contributed by atoms with Crippen molar-refractivity contribution in [2.45, 2.75) is 26.4 Å². The monoisotopic (exact) mass is 522 g/mol. The largest absolute Gasteiger partial charge is 0.480 e. The summed E-state index contributed by atoms with van der Waals surface area (Å²) in [5.41, 5.74) is 4.62. The Bertz CT molecular complexity index is 1570. The molecule has 1 atom stereocenters. The van der Waals surface area contributed by atoms with Crippen molar-refractivity contribution < 1.29 is 23.9 Å². The maximum absolute atomic E-state index is 15.2. The molecule has 1 heterocycles. The molecule has 4 aromatic rings. The molecule has 0 saturated heterocycles. The van der Waals surface area contributed by atoms with E-state index < -0.39 is 17.8 Å². The van der Waals surface area contributed by atoms with Gasteiger partial charge in [-0.1, -0.05) is 68.4 Å². The molecule has 4 aromatic carbocycles. The molecule has 2 amide bonds. The lowest BCUT2D eigenvalue weighted by molar-refractivity contribution is -0.144. The van der Waals surface area contributed by atoms with Crippen molar-refractivity contribution in [1.82, 2.24) is 4.90 Å². The van der Waals surface area contributed by atoms with Crippen LogP contribution < -0.4 is 5.32 Å². The summed E-state index contributed by atoms with van der Waals surface area (Å²) in [6.07, 6.45) is 0. The number of rotatable bonds is 7. The lowest BCUT2D eigenvalue weighted by Gasteiger charge is -2.27. The number of nitrogens with one attached hydrogen (secondary N) is 1. The zero-order chi connectivity index (χ0) is 27.7. The zero-order valence-corrected chi connectivity index (χ0v) is 21.5. The van der Waals surface area contributed by atoms with Crippen molar-refractivity contribution in [3.8, 4) is 22.3 Å². The Morgan fingerprint density at radius 1 is 0.846 bits per heavy atom. The van der Waals surface area contributed by atoms with Gasteiger partial charge in [0.2, 0.25) is 0 Å². The number of nitrogens with zero attached hydrogens (tertiary/aromatic N) is 1. The molecule has 7 heteroatoms. The van der Waals surface area contributed by atoms with Crippen LogP contribution in [0.2, 0.25) is 0 Å². The second-order valence-corrected chi connectivity index (χ2v) is 9.92. The standard InChI is InChI=1S/C32H27FN2O4/c1-19(2)29(32(38)39)35-18-24-13-12-23(16-27(24)31(35)37)26-15-14-25(17-28(26)33)34-30(36)22-10-8-21(9-11-22)20-6-4-3-5-7-20/h3-17,19,29H,18H2,1-2H3,(H,34,36)(H,38,39). The topological polar surface area (TPSA) is 86.7 Å². The first-order valence-electron chi connectivity index (χ1n) is 12.7. The fourth-order valence-electron chi connectivity index (χ4n) is 4.97. The highest BCUT2D eigenvalue weighted by Crippen LogP contribution is 2.33. The van der Waals surface area contributed by atoms with Gasteiger partial charge in [-0.15, -0.1) is 0 Å². The lowest BCUT2D eigenvalue weighted by atomic mass is 9.99. The summed E-state index contributed by atoms with van der Waals surface area (Å²) < 4.78 is 15.2. The number of carbonyl (C=O) groups is 3. The van der Waals surface area contributed by atoms with E-state index in [9.17, 15) is 19.5 Å². The summed E-state index contributed by atoms with van der Waals surface area (Å²) in [4.78, 5) is 38.9. The number of carboxylic acid groups (broad SMARTS) is 1. The minimum Gasteiger partial charge on any atom is -0.480 e. The van der Waals surface area contributed by atoms with E-state index in [-0.39, 0.29) is 29.8 Å². The Balaban J connectivity index is 1.32. The molecule has 1 unspecified atom stereocenters. The molecular formula is C32H27FN2O4. The van der Waals surface area contributed by atoms with Gasteiger partial charge >= 0.3 is 5.97 Å². The Morgan fingerprint density at radius 2 is 1.51 bits per heavy atom. The van der Waals surface area contributed by atoms with Crippen molar-refractivity contribution >= 4 is 23.5 Å². The number of benzene rings is 4. The van der Waals surface area contributed by atoms with Crippen LogP contribution in [0.25, 0.3) is 22.3 Å². The number of hydrogen-bond donors (Lipinski definition) is 2. The molecule has 2 N–H and O–H groups in total. The van der Waals surface area contributed by atoms with Crippen LogP contribution in [0.15, 0.2) is 91.0 Å². The van der Waals surface area contributed by atoms with E-state index in [0.717, 1.165) is 11.1 Å². The highest BCUT2D eigenvalue weighted by molar-refractivity contribution is 6.05. The smallest absolute Gasteiger partial charge is 0.326 e. The van der Waals surface area contributed by atoms with E-state index in [0.29, 0.717) is 27.9 Å². The number of amides is 2. The van der Waals surface area contributed by atoms with Gasteiger partial charge in [-0.05, 0) is 64.6 Å². The Kier molecular flexibility index (Phi) is 6.98. The summed E-state index contributed by atoms with van der Waals surface area (Å²) in [5, 5.41) is 12.3. The Labute approximate surface area is 225 Å². The molecule has 0 fully saturated rings. The van der Waals surface area contributed by atoms with Crippen LogP contribution in [0.5, 0.6) is 0 Å². The molecule has 1 aliphatic rings. The van der Waals surface area contributed by atoms with Gasteiger partial charge in [0.05, 0.1) is 0 Å². The van der Waals surface area contributed by atoms with Gasteiger partial charge in [0.15, 0.2) is 0 Å². The number of hydrogen-bond acceptors (Lipinski definition) is 3. The summed E-state index contributed by atoms with van der Waals surface area (Å²) in [7, 11) is 0. The number of fused-ring (bicyclic) bond motifs is 1. The van der Waals surface area contributed by atoms with Crippen molar-refractivity contribution in [2.24, 2.45) is 5.92 Å². The van der Waals surface area contributed by atoms with Gasteiger partial charge in [0.25, 0.3) is 11.8 Å². The van der Waals surface area contributed by atoms with Crippen LogP contribution in [0.4, 0.5) is 10.1 Å². The predicted molar refractivity (Wildman–Crippen MR) is 148 cm³/mol. The molecule has 196 valence electrons. The van der Waals surface area contributed by atoms with E-state index in [1.165, 1.54) is 11.0 Å². The maximum Gasteiger partial charge on any atom is 0.326 e.